The Balaban J connectivity index is 1.68. The lowest BCUT2D eigenvalue weighted by atomic mass is 10.1. The maximum Gasteiger partial charge on any atom is 0.223 e. The van der Waals surface area contributed by atoms with Gasteiger partial charge in [0.25, 0.3) is 0 Å². The van der Waals surface area contributed by atoms with Crippen LogP contribution in [0.5, 0.6) is 0 Å². The molecule has 126 valence electrons. The Morgan fingerprint density at radius 3 is 3.04 bits per heavy atom. The Kier molecular flexibility index (Phi) is 4.54. The molecule has 2 heterocycles. The lowest BCUT2D eigenvalue weighted by Gasteiger charge is -2.26. The van der Waals surface area contributed by atoms with Crippen LogP contribution in [0.4, 0.5) is 14.7 Å². The van der Waals surface area contributed by atoms with Crippen molar-refractivity contribution in [3.8, 4) is 0 Å². The van der Waals surface area contributed by atoms with E-state index in [0.29, 0.717) is 30.9 Å². The normalized spacial score (nSPS) is 17.3. The van der Waals surface area contributed by atoms with E-state index in [9.17, 15) is 13.6 Å². The van der Waals surface area contributed by atoms with Gasteiger partial charge in [-0.25, -0.2) is 13.9 Å². The van der Waals surface area contributed by atoms with Gasteiger partial charge < -0.3 is 10.2 Å². The molecule has 0 bridgehead atoms. The van der Waals surface area contributed by atoms with E-state index in [4.69, 9.17) is 0 Å². The van der Waals surface area contributed by atoms with E-state index < -0.39 is 11.6 Å². The summed E-state index contributed by atoms with van der Waals surface area (Å²) in [5.74, 6) is -1.43. The smallest absolute Gasteiger partial charge is 0.223 e. The third-order valence-electron chi connectivity index (χ3n) is 4.02. The number of aromatic nitrogens is 3. The first-order chi connectivity index (χ1) is 11.5. The van der Waals surface area contributed by atoms with E-state index in [0.717, 1.165) is 6.07 Å². The standard InChI is InChI=1S/C16H17F2N5O/c1-10(21-16-19-9-20-22-16)7-12-5-6-14(24)23(12)8-11-3-2-4-13(17)15(11)18/h2-4,9,12H,1,5-8H2,(H2,19,20,21,22). The van der Waals surface area contributed by atoms with Gasteiger partial charge in [-0.1, -0.05) is 18.7 Å². The quantitative estimate of drug-likeness (QED) is 0.852. The summed E-state index contributed by atoms with van der Waals surface area (Å²) in [6, 6.07) is 3.87. The van der Waals surface area contributed by atoms with Crippen molar-refractivity contribution in [2.75, 3.05) is 5.32 Å². The van der Waals surface area contributed by atoms with E-state index in [-0.39, 0.29) is 24.1 Å². The fraction of sp³-hybridized carbons (Fsp3) is 0.312. The van der Waals surface area contributed by atoms with Crippen molar-refractivity contribution in [1.82, 2.24) is 20.1 Å². The lowest BCUT2D eigenvalue weighted by molar-refractivity contribution is -0.129. The molecule has 24 heavy (non-hydrogen) atoms. The van der Waals surface area contributed by atoms with Crippen LogP contribution in [-0.2, 0) is 11.3 Å². The second kappa shape index (κ2) is 6.77. The van der Waals surface area contributed by atoms with E-state index in [1.807, 2.05) is 0 Å². The van der Waals surface area contributed by atoms with Crippen LogP contribution in [0.3, 0.4) is 0 Å². The number of aromatic amines is 1. The molecule has 1 atom stereocenters. The number of nitrogens with zero attached hydrogens (tertiary/aromatic N) is 3. The minimum absolute atomic E-state index is 0.0443. The first-order valence-electron chi connectivity index (χ1n) is 7.57. The Labute approximate surface area is 137 Å². The highest BCUT2D eigenvalue weighted by Gasteiger charge is 2.32. The first-order valence-corrected chi connectivity index (χ1v) is 7.57. The van der Waals surface area contributed by atoms with Crippen LogP contribution in [0.1, 0.15) is 24.8 Å². The Bertz CT molecular complexity index is 747. The number of carbonyl (C=O) groups is 1. The molecule has 2 aromatic rings. The van der Waals surface area contributed by atoms with Gasteiger partial charge in [0.15, 0.2) is 11.6 Å². The summed E-state index contributed by atoms with van der Waals surface area (Å²) in [7, 11) is 0. The molecule has 1 aliphatic heterocycles. The largest absolute Gasteiger partial charge is 0.335 e. The monoisotopic (exact) mass is 333 g/mol. The molecule has 1 aromatic heterocycles. The third kappa shape index (κ3) is 3.42. The topological polar surface area (TPSA) is 73.9 Å². The molecule has 1 unspecified atom stereocenters. The third-order valence-corrected chi connectivity index (χ3v) is 4.02. The molecule has 1 fully saturated rings. The highest BCUT2D eigenvalue weighted by Crippen LogP contribution is 2.27. The van der Waals surface area contributed by atoms with Gasteiger partial charge in [-0.15, -0.1) is 0 Å². The molecular weight excluding hydrogens is 316 g/mol. The van der Waals surface area contributed by atoms with Crippen molar-refractivity contribution in [3.63, 3.8) is 0 Å². The van der Waals surface area contributed by atoms with Gasteiger partial charge in [0, 0.05) is 36.7 Å². The Morgan fingerprint density at radius 1 is 1.46 bits per heavy atom. The number of anilines is 1. The average molecular weight is 333 g/mol. The minimum Gasteiger partial charge on any atom is -0.335 e. The summed E-state index contributed by atoms with van der Waals surface area (Å²) in [6.45, 7) is 3.96. The summed E-state index contributed by atoms with van der Waals surface area (Å²) in [4.78, 5) is 17.6. The predicted octanol–water partition coefficient (Wildman–Crippen LogP) is 2.59. The van der Waals surface area contributed by atoms with Crippen LogP contribution in [0.25, 0.3) is 0 Å². The zero-order valence-electron chi connectivity index (χ0n) is 12.9. The van der Waals surface area contributed by atoms with E-state index in [2.05, 4.69) is 27.1 Å². The predicted molar refractivity (Wildman–Crippen MR) is 83.7 cm³/mol. The lowest BCUT2D eigenvalue weighted by Crippen LogP contribution is -2.33. The molecule has 1 amide bonds. The number of hydrogen-bond acceptors (Lipinski definition) is 4. The van der Waals surface area contributed by atoms with Crippen molar-refractivity contribution >= 4 is 11.9 Å². The molecule has 0 saturated carbocycles. The van der Waals surface area contributed by atoms with Gasteiger partial charge in [0.05, 0.1) is 0 Å². The van der Waals surface area contributed by atoms with E-state index in [1.165, 1.54) is 18.5 Å². The maximum atomic E-state index is 13.9. The fourth-order valence-electron chi connectivity index (χ4n) is 2.85. The molecule has 1 aliphatic rings. The number of carbonyl (C=O) groups excluding carboxylic acids is 1. The Morgan fingerprint density at radius 2 is 2.29 bits per heavy atom. The van der Waals surface area contributed by atoms with Gasteiger partial charge in [-0.3, -0.25) is 4.79 Å². The second-order valence-corrected chi connectivity index (χ2v) is 5.69. The van der Waals surface area contributed by atoms with Crippen LogP contribution < -0.4 is 5.32 Å². The van der Waals surface area contributed by atoms with Crippen LogP contribution >= 0.6 is 0 Å². The highest BCUT2D eigenvalue weighted by atomic mass is 19.2. The zero-order chi connectivity index (χ0) is 17.1. The van der Waals surface area contributed by atoms with E-state index in [1.54, 1.807) is 4.90 Å². The summed E-state index contributed by atoms with van der Waals surface area (Å²) in [5, 5.41) is 9.36. The molecule has 1 aromatic carbocycles. The molecule has 3 rings (SSSR count). The molecule has 2 N–H and O–H groups in total. The van der Waals surface area contributed by atoms with Crippen molar-refractivity contribution in [2.45, 2.75) is 31.8 Å². The van der Waals surface area contributed by atoms with Crippen LogP contribution in [0, 0.1) is 11.6 Å². The van der Waals surface area contributed by atoms with Gasteiger partial charge in [-0.05, 0) is 12.5 Å². The molecule has 0 radical (unpaired) electrons. The van der Waals surface area contributed by atoms with Crippen molar-refractivity contribution in [3.05, 3.63) is 54.0 Å². The second-order valence-electron chi connectivity index (χ2n) is 5.69. The zero-order valence-corrected chi connectivity index (χ0v) is 12.9. The van der Waals surface area contributed by atoms with Crippen LogP contribution in [0.2, 0.25) is 0 Å². The summed E-state index contributed by atoms with van der Waals surface area (Å²) >= 11 is 0. The maximum absolute atomic E-state index is 13.9. The summed E-state index contributed by atoms with van der Waals surface area (Å²) in [6.07, 6.45) is 2.89. The van der Waals surface area contributed by atoms with Gasteiger partial charge in [-0.2, -0.15) is 10.1 Å². The molecule has 8 heteroatoms. The first kappa shape index (κ1) is 16.1. The number of benzene rings is 1. The van der Waals surface area contributed by atoms with E-state index >= 15 is 0 Å². The van der Waals surface area contributed by atoms with Crippen molar-refractivity contribution in [1.29, 1.82) is 0 Å². The van der Waals surface area contributed by atoms with Crippen molar-refractivity contribution < 1.29 is 13.6 Å². The number of amides is 1. The van der Waals surface area contributed by atoms with Gasteiger partial charge in [0.2, 0.25) is 11.9 Å². The van der Waals surface area contributed by atoms with Crippen LogP contribution in [0.15, 0.2) is 36.8 Å². The Hall–Kier alpha value is -2.77. The SMILES string of the molecule is C=C(CC1CCC(=O)N1Cc1cccc(F)c1F)Nc1ncn[nH]1. The molecule has 0 spiro atoms. The molecule has 1 saturated heterocycles. The molecule has 0 aliphatic carbocycles. The van der Waals surface area contributed by atoms with Crippen LogP contribution in [-0.4, -0.2) is 32.0 Å². The number of nitrogens with one attached hydrogen (secondary N) is 2. The summed E-state index contributed by atoms with van der Waals surface area (Å²) < 4.78 is 27.2. The fourth-order valence-corrected chi connectivity index (χ4v) is 2.85. The molecule has 6 nitrogen and oxygen atoms in total. The summed E-state index contributed by atoms with van der Waals surface area (Å²) in [5.41, 5.74) is 0.834. The number of rotatable bonds is 6. The van der Waals surface area contributed by atoms with Crippen molar-refractivity contribution in [2.24, 2.45) is 0 Å². The van der Waals surface area contributed by atoms with Gasteiger partial charge in [0.1, 0.15) is 6.33 Å². The number of halogens is 2. The number of hydrogen-bond donors (Lipinski definition) is 2. The molecular formula is C16H17F2N5O. The number of H-pyrrole nitrogens is 1. The average Bonchev–Trinajstić information content (AvgIpc) is 3.16. The highest BCUT2D eigenvalue weighted by molar-refractivity contribution is 5.78. The minimum atomic E-state index is -0.910. The van der Waals surface area contributed by atoms with Gasteiger partial charge >= 0.3 is 0 Å². The number of likely N-dealkylation sites (tertiary alicyclic amines) is 1.